The lowest BCUT2D eigenvalue weighted by atomic mass is 9.79. The first kappa shape index (κ1) is 27.6. The molecule has 2 atom stereocenters. The predicted molar refractivity (Wildman–Crippen MR) is 150 cm³/mol. The van der Waals surface area contributed by atoms with Crippen molar-refractivity contribution in [3.05, 3.63) is 76.6 Å². The van der Waals surface area contributed by atoms with Gasteiger partial charge in [0.25, 0.3) is 0 Å². The van der Waals surface area contributed by atoms with Gasteiger partial charge in [-0.1, -0.05) is 12.1 Å². The molecule has 204 valence electrons. The number of benzene rings is 3. The van der Waals surface area contributed by atoms with Crippen molar-refractivity contribution < 1.29 is 23.7 Å². The number of anilines is 1. The van der Waals surface area contributed by atoms with E-state index >= 15 is 0 Å². The van der Waals surface area contributed by atoms with Crippen LogP contribution in [-0.2, 0) is 19.3 Å². The average Bonchev–Trinajstić information content (AvgIpc) is 2.89. The molecule has 0 amide bonds. The standard InChI is InChI=1S/C31H39FN2O4/c1-20(14-21-6-11-29(27(32)15-21)38-13-12-34(2)3)33-28-19-31(37-5)30(36-4)18-26(28)24-8-7-23-17-25(35)10-9-22(23)16-24/h6,9-11,15,17-20,24,33,35H,7-8,12-14,16H2,1-5H3. The van der Waals surface area contributed by atoms with Crippen LogP contribution in [0.25, 0.3) is 0 Å². The van der Waals surface area contributed by atoms with Crippen LogP contribution < -0.4 is 19.5 Å². The number of halogens is 1. The van der Waals surface area contributed by atoms with Crippen molar-refractivity contribution in [3.8, 4) is 23.0 Å². The number of nitrogens with one attached hydrogen (secondary N) is 1. The van der Waals surface area contributed by atoms with Gasteiger partial charge < -0.3 is 29.5 Å². The van der Waals surface area contributed by atoms with Crippen molar-refractivity contribution in [2.45, 2.75) is 44.6 Å². The molecule has 0 bridgehead atoms. The first-order valence-electron chi connectivity index (χ1n) is 13.2. The lowest BCUT2D eigenvalue weighted by Crippen LogP contribution is -2.21. The van der Waals surface area contributed by atoms with Crippen molar-refractivity contribution in [2.75, 3.05) is 46.8 Å². The van der Waals surface area contributed by atoms with Crippen LogP contribution in [0.1, 0.15) is 41.5 Å². The van der Waals surface area contributed by atoms with Gasteiger partial charge >= 0.3 is 0 Å². The third-order valence-corrected chi connectivity index (χ3v) is 7.15. The number of aromatic hydroxyl groups is 1. The number of methoxy groups -OCH3 is 2. The van der Waals surface area contributed by atoms with Gasteiger partial charge in [-0.05, 0) is 105 Å². The van der Waals surface area contributed by atoms with Crippen LogP contribution in [0.2, 0.25) is 0 Å². The van der Waals surface area contributed by atoms with Gasteiger partial charge in [-0.15, -0.1) is 0 Å². The number of fused-ring (bicyclic) bond motifs is 1. The highest BCUT2D eigenvalue weighted by atomic mass is 19.1. The van der Waals surface area contributed by atoms with Crippen LogP contribution >= 0.6 is 0 Å². The Kier molecular flexibility index (Phi) is 9.00. The van der Waals surface area contributed by atoms with Crippen LogP contribution in [0, 0.1) is 5.82 Å². The van der Waals surface area contributed by atoms with E-state index in [1.165, 1.54) is 16.7 Å². The Bertz CT molecular complexity index is 1250. The Balaban J connectivity index is 1.52. The molecule has 2 N–H and O–H groups in total. The van der Waals surface area contributed by atoms with Gasteiger partial charge in [-0.25, -0.2) is 4.39 Å². The Morgan fingerprint density at radius 2 is 1.76 bits per heavy atom. The smallest absolute Gasteiger partial charge is 0.165 e. The van der Waals surface area contributed by atoms with Gasteiger partial charge in [-0.2, -0.15) is 0 Å². The summed E-state index contributed by atoms with van der Waals surface area (Å²) in [5.74, 6) is 1.91. The van der Waals surface area contributed by atoms with Crippen molar-refractivity contribution in [1.82, 2.24) is 4.90 Å². The van der Waals surface area contributed by atoms with Crippen molar-refractivity contribution >= 4 is 5.69 Å². The highest BCUT2D eigenvalue weighted by Gasteiger charge is 2.25. The van der Waals surface area contributed by atoms with Crippen LogP contribution in [0.4, 0.5) is 10.1 Å². The summed E-state index contributed by atoms with van der Waals surface area (Å²) < 4.78 is 31.5. The molecule has 2 unspecified atom stereocenters. The predicted octanol–water partition coefficient (Wildman–Crippen LogP) is 5.80. The van der Waals surface area contributed by atoms with Gasteiger partial charge in [0.2, 0.25) is 0 Å². The fourth-order valence-electron chi connectivity index (χ4n) is 5.16. The van der Waals surface area contributed by atoms with E-state index in [0.29, 0.717) is 30.3 Å². The molecule has 3 aromatic rings. The molecule has 7 heteroatoms. The zero-order chi connectivity index (χ0) is 27.2. The second kappa shape index (κ2) is 12.4. The molecule has 38 heavy (non-hydrogen) atoms. The minimum absolute atomic E-state index is 0.0413. The van der Waals surface area contributed by atoms with Crippen LogP contribution in [0.5, 0.6) is 23.0 Å². The molecule has 0 saturated carbocycles. The number of rotatable bonds is 11. The summed E-state index contributed by atoms with van der Waals surface area (Å²) in [6.07, 6.45) is 3.40. The summed E-state index contributed by atoms with van der Waals surface area (Å²) in [5, 5.41) is 13.5. The van der Waals surface area contributed by atoms with Gasteiger partial charge in [0.05, 0.1) is 14.2 Å². The molecule has 4 rings (SSSR count). The van der Waals surface area contributed by atoms with Gasteiger partial charge in [-0.3, -0.25) is 0 Å². The number of hydrogen-bond donors (Lipinski definition) is 2. The van der Waals surface area contributed by atoms with Gasteiger partial charge in [0, 0.05) is 24.3 Å². The molecule has 0 aromatic heterocycles. The summed E-state index contributed by atoms with van der Waals surface area (Å²) in [6, 6.07) is 15.0. The van der Waals surface area contributed by atoms with Gasteiger partial charge in [0.1, 0.15) is 12.4 Å². The van der Waals surface area contributed by atoms with E-state index in [1.807, 2.05) is 43.3 Å². The summed E-state index contributed by atoms with van der Waals surface area (Å²) in [7, 11) is 7.21. The fraction of sp³-hybridized carbons (Fsp3) is 0.419. The topological polar surface area (TPSA) is 63.2 Å². The number of aryl methyl sites for hydroxylation is 1. The van der Waals surface area contributed by atoms with Gasteiger partial charge in [0.15, 0.2) is 23.1 Å². The summed E-state index contributed by atoms with van der Waals surface area (Å²) in [5.41, 5.74) is 5.53. The minimum atomic E-state index is -0.341. The molecule has 3 aromatic carbocycles. The maximum atomic E-state index is 14.7. The van der Waals surface area contributed by atoms with Crippen molar-refractivity contribution in [3.63, 3.8) is 0 Å². The highest BCUT2D eigenvalue weighted by molar-refractivity contribution is 5.63. The molecule has 6 nitrogen and oxygen atoms in total. The first-order valence-corrected chi connectivity index (χ1v) is 13.2. The number of likely N-dealkylation sites (N-methyl/N-ethyl adjacent to an activating group) is 1. The maximum Gasteiger partial charge on any atom is 0.165 e. The average molecular weight is 523 g/mol. The molecule has 0 heterocycles. The maximum absolute atomic E-state index is 14.7. The van der Waals surface area contributed by atoms with E-state index in [9.17, 15) is 9.50 Å². The number of ether oxygens (including phenoxy) is 3. The number of nitrogens with zero attached hydrogens (tertiary/aromatic N) is 1. The second-order valence-electron chi connectivity index (χ2n) is 10.4. The van der Waals surface area contributed by atoms with E-state index in [4.69, 9.17) is 14.2 Å². The zero-order valence-electron chi connectivity index (χ0n) is 23.0. The fourth-order valence-corrected chi connectivity index (χ4v) is 5.16. The molecule has 0 radical (unpaired) electrons. The van der Waals surface area contributed by atoms with E-state index in [2.05, 4.69) is 18.3 Å². The molecule has 0 saturated heterocycles. The number of phenols is 1. The normalized spacial score (nSPS) is 15.6. The highest BCUT2D eigenvalue weighted by Crippen LogP contribution is 2.42. The van der Waals surface area contributed by atoms with Crippen LogP contribution in [0.3, 0.4) is 0 Å². The monoisotopic (exact) mass is 522 g/mol. The Labute approximate surface area is 225 Å². The Morgan fingerprint density at radius 3 is 2.47 bits per heavy atom. The number of hydrogen-bond acceptors (Lipinski definition) is 6. The second-order valence-corrected chi connectivity index (χ2v) is 10.4. The minimum Gasteiger partial charge on any atom is -0.508 e. The third kappa shape index (κ3) is 6.70. The van der Waals surface area contributed by atoms with E-state index in [1.54, 1.807) is 32.4 Å². The SMILES string of the molecule is COc1cc(NC(C)Cc2ccc(OCCN(C)C)c(F)c2)c(C2CCc3cc(O)ccc3C2)cc1OC. The lowest BCUT2D eigenvalue weighted by molar-refractivity contribution is 0.252. The Hall–Kier alpha value is -3.45. The summed E-state index contributed by atoms with van der Waals surface area (Å²) >= 11 is 0. The molecule has 1 aliphatic rings. The number of phenolic OH excluding ortho intramolecular Hbond substituents is 1. The zero-order valence-corrected chi connectivity index (χ0v) is 23.0. The molecule has 1 aliphatic carbocycles. The molecule has 0 fully saturated rings. The summed E-state index contributed by atoms with van der Waals surface area (Å²) in [6.45, 7) is 3.26. The van der Waals surface area contributed by atoms with Crippen LogP contribution in [-0.4, -0.2) is 57.5 Å². The molecule has 0 aliphatic heterocycles. The largest absolute Gasteiger partial charge is 0.508 e. The first-order chi connectivity index (χ1) is 18.3. The van der Waals surface area contributed by atoms with E-state index in [0.717, 1.165) is 37.1 Å². The summed E-state index contributed by atoms with van der Waals surface area (Å²) in [4.78, 5) is 2.00. The van der Waals surface area contributed by atoms with Crippen LogP contribution in [0.15, 0.2) is 48.5 Å². The lowest BCUT2D eigenvalue weighted by Gasteiger charge is -2.29. The van der Waals surface area contributed by atoms with Crippen molar-refractivity contribution in [1.29, 1.82) is 0 Å². The molecular weight excluding hydrogens is 483 g/mol. The quantitative estimate of drug-likeness (QED) is 0.332. The van der Waals surface area contributed by atoms with E-state index < -0.39 is 0 Å². The molecular formula is C31H39FN2O4. The third-order valence-electron chi connectivity index (χ3n) is 7.15. The van der Waals surface area contributed by atoms with E-state index in [-0.39, 0.29) is 23.5 Å². The molecule has 0 spiro atoms. The van der Waals surface area contributed by atoms with Crippen molar-refractivity contribution in [2.24, 2.45) is 0 Å². The Morgan fingerprint density at radius 1 is 1.00 bits per heavy atom.